The first-order valence-corrected chi connectivity index (χ1v) is 9.08. The first-order valence-electron chi connectivity index (χ1n) is 8.70. The number of imide groups is 2. The highest BCUT2D eigenvalue weighted by Gasteiger charge is 2.38. The number of barbiturate groups is 1. The molecule has 0 saturated carbocycles. The summed E-state index contributed by atoms with van der Waals surface area (Å²) >= 11 is 6.19. The predicted octanol–water partition coefficient (Wildman–Crippen LogP) is 3.36. The number of carbonyl (C=O) groups excluding carboxylic acids is 3. The summed E-state index contributed by atoms with van der Waals surface area (Å²) in [6, 6.07) is 11.7. The summed E-state index contributed by atoms with van der Waals surface area (Å²) in [6.07, 6.45) is 1.40. The van der Waals surface area contributed by atoms with E-state index in [1.165, 1.54) is 27.3 Å². The van der Waals surface area contributed by atoms with Crippen LogP contribution in [0.5, 0.6) is 11.5 Å². The lowest BCUT2D eigenvalue weighted by atomic mass is 10.1. The van der Waals surface area contributed by atoms with E-state index in [0.29, 0.717) is 22.1 Å². The fourth-order valence-corrected chi connectivity index (χ4v) is 3.05. The molecule has 2 aromatic rings. The highest BCUT2D eigenvalue weighted by molar-refractivity contribution is 6.31. The molecule has 0 spiro atoms. The van der Waals surface area contributed by atoms with Crippen molar-refractivity contribution >= 4 is 35.5 Å². The van der Waals surface area contributed by atoms with Gasteiger partial charge in [-0.15, -0.1) is 0 Å². The molecule has 1 aliphatic rings. The van der Waals surface area contributed by atoms with Crippen molar-refractivity contribution < 1.29 is 23.9 Å². The number of nitrogens with zero attached hydrogens (tertiary/aromatic N) is 2. The van der Waals surface area contributed by atoms with Crippen LogP contribution in [0.3, 0.4) is 0 Å². The number of rotatable bonds is 5. The Morgan fingerprint density at radius 1 is 0.966 bits per heavy atom. The van der Waals surface area contributed by atoms with Gasteiger partial charge in [0.15, 0.2) is 11.5 Å². The molecule has 0 aliphatic carbocycles. The average Bonchev–Trinajstić information content (AvgIpc) is 2.73. The Kier molecular flexibility index (Phi) is 5.89. The third kappa shape index (κ3) is 3.95. The van der Waals surface area contributed by atoms with E-state index in [-0.39, 0.29) is 12.2 Å². The molecule has 0 radical (unpaired) electrons. The number of hydrogen-bond acceptors (Lipinski definition) is 5. The van der Waals surface area contributed by atoms with Gasteiger partial charge >= 0.3 is 6.03 Å². The van der Waals surface area contributed by atoms with Crippen LogP contribution in [0, 0.1) is 0 Å². The van der Waals surface area contributed by atoms with Crippen LogP contribution in [0.25, 0.3) is 6.08 Å². The molecule has 0 atom stereocenters. The van der Waals surface area contributed by atoms with Crippen molar-refractivity contribution in [2.24, 2.45) is 0 Å². The number of urea groups is 1. The van der Waals surface area contributed by atoms with Crippen molar-refractivity contribution in [3.63, 3.8) is 0 Å². The van der Waals surface area contributed by atoms with Crippen molar-refractivity contribution in [3.8, 4) is 11.5 Å². The zero-order valence-corrected chi connectivity index (χ0v) is 16.9. The molecule has 1 aliphatic heterocycles. The van der Waals surface area contributed by atoms with Crippen LogP contribution >= 0.6 is 11.6 Å². The van der Waals surface area contributed by atoms with E-state index in [1.54, 1.807) is 24.3 Å². The van der Waals surface area contributed by atoms with Gasteiger partial charge in [0.25, 0.3) is 11.8 Å². The van der Waals surface area contributed by atoms with Crippen LogP contribution in [0.4, 0.5) is 4.79 Å². The predicted molar refractivity (Wildman–Crippen MR) is 108 cm³/mol. The Morgan fingerprint density at radius 3 is 2.24 bits per heavy atom. The van der Waals surface area contributed by atoms with Crippen molar-refractivity contribution in [1.82, 2.24) is 9.80 Å². The first kappa shape index (κ1) is 20.4. The number of amides is 4. The molecule has 1 fully saturated rings. The maximum absolute atomic E-state index is 12.5. The number of carbonyl (C=O) groups is 3. The number of likely N-dealkylation sites (N-methyl/N-ethyl adjacent to an activating group) is 2. The zero-order valence-electron chi connectivity index (χ0n) is 16.1. The monoisotopic (exact) mass is 414 g/mol. The SMILES string of the molecule is COc1cccc(C=C2C(=O)N(C)C(=O)N(C)C2=O)c1OCc1ccccc1Cl. The molecule has 2 aromatic carbocycles. The smallest absolute Gasteiger partial charge is 0.333 e. The summed E-state index contributed by atoms with van der Waals surface area (Å²) in [5, 5.41) is 0.557. The van der Waals surface area contributed by atoms with Crippen molar-refractivity contribution in [3.05, 3.63) is 64.2 Å². The van der Waals surface area contributed by atoms with Gasteiger partial charge in [0.2, 0.25) is 0 Å². The van der Waals surface area contributed by atoms with Gasteiger partial charge in [-0.05, 0) is 18.2 Å². The van der Waals surface area contributed by atoms with Gasteiger partial charge in [-0.25, -0.2) is 4.79 Å². The normalized spacial score (nSPS) is 14.3. The molecule has 7 nitrogen and oxygen atoms in total. The molecule has 1 heterocycles. The molecule has 0 aromatic heterocycles. The van der Waals surface area contributed by atoms with Crippen LogP contribution < -0.4 is 9.47 Å². The van der Waals surface area contributed by atoms with Crippen LogP contribution in [0.15, 0.2) is 48.0 Å². The summed E-state index contributed by atoms with van der Waals surface area (Å²) in [6.45, 7) is 0.163. The summed E-state index contributed by atoms with van der Waals surface area (Å²) in [7, 11) is 4.13. The van der Waals surface area contributed by atoms with E-state index in [1.807, 2.05) is 18.2 Å². The number of methoxy groups -OCH3 is 1. The second-order valence-corrected chi connectivity index (χ2v) is 6.73. The number of para-hydroxylation sites is 1. The Bertz CT molecular complexity index is 992. The zero-order chi connectivity index (χ0) is 21.1. The fraction of sp³-hybridized carbons (Fsp3) is 0.190. The minimum atomic E-state index is -0.682. The quantitative estimate of drug-likeness (QED) is 0.554. The second-order valence-electron chi connectivity index (χ2n) is 6.33. The number of ether oxygens (including phenoxy) is 2. The van der Waals surface area contributed by atoms with Crippen molar-refractivity contribution in [1.29, 1.82) is 0 Å². The first-order chi connectivity index (χ1) is 13.8. The van der Waals surface area contributed by atoms with Gasteiger partial charge in [0.05, 0.1) is 7.11 Å². The molecule has 8 heteroatoms. The lowest BCUT2D eigenvalue weighted by Gasteiger charge is -2.29. The molecule has 150 valence electrons. The average molecular weight is 415 g/mol. The van der Waals surface area contributed by atoms with Crippen LogP contribution in [0.1, 0.15) is 11.1 Å². The largest absolute Gasteiger partial charge is 0.493 e. The summed E-state index contributed by atoms with van der Waals surface area (Å²) in [4.78, 5) is 38.7. The van der Waals surface area contributed by atoms with Gasteiger partial charge < -0.3 is 9.47 Å². The number of benzene rings is 2. The molecule has 29 heavy (non-hydrogen) atoms. The maximum Gasteiger partial charge on any atom is 0.333 e. The van der Waals surface area contributed by atoms with Crippen LogP contribution in [0.2, 0.25) is 5.02 Å². The molecule has 0 N–H and O–H groups in total. The number of halogens is 1. The molecule has 3 rings (SSSR count). The summed E-state index contributed by atoms with van der Waals surface area (Å²) in [5.74, 6) is -0.582. The van der Waals surface area contributed by atoms with Gasteiger partial charge in [-0.2, -0.15) is 0 Å². The van der Waals surface area contributed by atoms with Crippen molar-refractivity contribution in [2.45, 2.75) is 6.61 Å². The van der Waals surface area contributed by atoms with Gasteiger partial charge in [-0.1, -0.05) is 41.9 Å². The van der Waals surface area contributed by atoms with E-state index >= 15 is 0 Å². The molecular weight excluding hydrogens is 396 g/mol. The van der Waals surface area contributed by atoms with Crippen LogP contribution in [-0.4, -0.2) is 48.9 Å². The summed E-state index contributed by atoms with van der Waals surface area (Å²) in [5.41, 5.74) is 1.09. The highest BCUT2D eigenvalue weighted by Crippen LogP contribution is 2.34. The lowest BCUT2D eigenvalue weighted by molar-refractivity contribution is -0.134. The third-order valence-electron chi connectivity index (χ3n) is 4.50. The van der Waals surface area contributed by atoms with Crippen molar-refractivity contribution in [2.75, 3.05) is 21.2 Å². The van der Waals surface area contributed by atoms with E-state index in [2.05, 4.69) is 0 Å². The minimum absolute atomic E-state index is 0.148. The third-order valence-corrected chi connectivity index (χ3v) is 4.87. The Labute approximate surface area is 173 Å². The Morgan fingerprint density at radius 2 is 1.62 bits per heavy atom. The molecule has 0 bridgehead atoms. The minimum Gasteiger partial charge on any atom is -0.493 e. The maximum atomic E-state index is 12.5. The van der Waals surface area contributed by atoms with Gasteiger partial charge in [0, 0.05) is 30.2 Å². The topological polar surface area (TPSA) is 76.2 Å². The van der Waals surface area contributed by atoms with E-state index in [0.717, 1.165) is 15.4 Å². The second kappa shape index (κ2) is 8.36. The van der Waals surface area contributed by atoms with E-state index in [4.69, 9.17) is 21.1 Å². The van der Waals surface area contributed by atoms with E-state index in [9.17, 15) is 14.4 Å². The number of hydrogen-bond donors (Lipinski definition) is 0. The fourth-order valence-electron chi connectivity index (χ4n) is 2.86. The van der Waals surface area contributed by atoms with Gasteiger partial charge in [0.1, 0.15) is 12.2 Å². The van der Waals surface area contributed by atoms with Crippen LogP contribution in [-0.2, 0) is 16.2 Å². The standard InChI is InChI=1S/C21H19ClN2O5/c1-23-19(25)15(20(26)24(2)21(23)27)11-13-8-6-10-17(28-3)18(13)29-12-14-7-4-5-9-16(14)22/h4-11H,12H2,1-3H3. The summed E-state index contributed by atoms with van der Waals surface area (Å²) < 4.78 is 11.3. The molecule has 1 saturated heterocycles. The van der Waals surface area contributed by atoms with Gasteiger partial charge in [-0.3, -0.25) is 19.4 Å². The molecular formula is C21H19ClN2O5. The Balaban J connectivity index is 2.00. The highest BCUT2D eigenvalue weighted by atomic mass is 35.5. The Hall–Kier alpha value is -3.32. The lowest BCUT2D eigenvalue weighted by Crippen LogP contribution is -2.52. The van der Waals surface area contributed by atoms with E-state index < -0.39 is 17.8 Å². The molecule has 0 unspecified atom stereocenters. The molecule has 4 amide bonds.